The lowest BCUT2D eigenvalue weighted by Crippen LogP contribution is -2.47. The molecule has 1 saturated carbocycles. The van der Waals surface area contributed by atoms with E-state index in [4.69, 9.17) is 10.8 Å². The van der Waals surface area contributed by atoms with Crippen molar-refractivity contribution in [2.24, 2.45) is 17.1 Å². The molecule has 3 amide bonds. The van der Waals surface area contributed by atoms with Gasteiger partial charge in [0.25, 0.3) is 0 Å². The van der Waals surface area contributed by atoms with Crippen LogP contribution in [-0.2, 0) is 9.59 Å². The van der Waals surface area contributed by atoms with Gasteiger partial charge in [0.1, 0.15) is 6.54 Å². The van der Waals surface area contributed by atoms with Crippen molar-refractivity contribution in [3.8, 4) is 0 Å². The number of rotatable bonds is 7. The number of nitrogens with zero attached hydrogens (tertiary/aromatic N) is 1. The number of amides is 3. The molecule has 0 heterocycles. The van der Waals surface area contributed by atoms with Gasteiger partial charge in [0, 0.05) is 13.1 Å². The normalized spacial score (nSPS) is 15.9. The van der Waals surface area contributed by atoms with Crippen LogP contribution in [-0.4, -0.2) is 47.5 Å². The van der Waals surface area contributed by atoms with Crippen LogP contribution in [0.4, 0.5) is 4.79 Å². The Morgan fingerprint density at radius 1 is 1.37 bits per heavy atom. The third kappa shape index (κ3) is 4.42. The van der Waals surface area contributed by atoms with E-state index >= 15 is 0 Å². The lowest BCUT2D eigenvalue weighted by molar-refractivity contribution is -0.143. The van der Waals surface area contributed by atoms with Crippen LogP contribution in [0.15, 0.2) is 0 Å². The molecule has 108 valence electrons. The first-order valence-electron chi connectivity index (χ1n) is 6.31. The van der Waals surface area contributed by atoms with E-state index in [0.717, 1.165) is 0 Å². The Labute approximate surface area is 112 Å². The average molecular weight is 271 g/mol. The van der Waals surface area contributed by atoms with Gasteiger partial charge in [-0.05, 0) is 18.8 Å². The molecule has 0 aromatic heterocycles. The molecule has 1 fully saturated rings. The molecule has 0 aromatic carbocycles. The molecule has 0 bridgehead atoms. The molecule has 1 rings (SSSR count). The third-order valence-corrected chi connectivity index (χ3v) is 3.10. The van der Waals surface area contributed by atoms with Gasteiger partial charge in [-0.25, -0.2) is 4.79 Å². The summed E-state index contributed by atoms with van der Waals surface area (Å²) in [6.07, 6.45) is 1.14. The Kier molecular flexibility index (Phi) is 4.74. The van der Waals surface area contributed by atoms with Gasteiger partial charge in [0.15, 0.2) is 0 Å². The van der Waals surface area contributed by atoms with E-state index in [9.17, 15) is 14.4 Å². The highest BCUT2D eigenvalue weighted by molar-refractivity contribution is 5.84. The minimum Gasteiger partial charge on any atom is -0.481 e. The third-order valence-electron chi connectivity index (χ3n) is 3.10. The summed E-state index contributed by atoms with van der Waals surface area (Å²) in [6, 6.07) is -0.444. The molecule has 4 N–H and O–H groups in total. The molecule has 1 aliphatic rings. The zero-order valence-corrected chi connectivity index (χ0v) is 11.3. The van der Waals surface area contributed by atoms with Crippen molar-refractivity contribution in [1.29, 1.82) is 0 Å². The molecular weight excluding hydrogens is 250 g/mol. The largest absolute Gasteiger partial charge is 0.481 e. The van der Waals surface area contributed by atoms with Crippen LogP contribution in [0, 0.1) is 11.3 Å². The summed E-state index contributed by atoms with van der Waals surface area (Å²) >= 11 is 0. The first kappa shape index (κ1) is 15.3. The second-order valence-corrected chi connectivity index (χ2v) is 5.48. The minimum atomic E-state index is -0.891. The number of carboxylic acids is 1. The van der Waals surface area contributed by atoms with Crippen molar-refractivity contribution < 1.29 is 19.5 Å². The van der Waals surface area contributed by atoms with Crippen molar-refractivity contribution in [2.45, 2.75) is 26.7 Å². The predicted octanol–water partition coefficient (Wildman–Crippen LogP) is 0.00410. The highest BCUT2D eigenvalue weighted by Crippen LogP contribution is 2.45. The maximum absolute atomic E-state index is 11.9. The summed E-state index contributed by atoms with van der Waals surface area (Å²) in [5.74, 6) is -1.28. The van der Waals surface area contributed by atoms with Crippen LogP contribution in [0.25, 0.3) is 0 Å². The summed E-state index contributed by atoms with van der Waals surface area (Å²) in [6.45, 7) is 4.16. The standard InChI is InChI=1S/C12H21N3O4/c1-8(2)5-15(6-9(13)16)11(19)14-7-12(3-4-12)10(17)18/h8H,3-7H2,1-2H3,(H2,13,16)(H,14,19)(H,17,18). The molecule has 0 unspecified atom stereocenters. The fraction of sp³-hybridized carbons (Fsp3) is 0.750. The summed E-state index contributed by atoms with van der Waals surface area (Å²) < 4.78 is 0. The number of nitrogens with one attached hydrogen (secondary N) is 1. The predicted molar refractivity (Wildman–Crippen MR) is 68.3 cm³/mol. The van der Waals surface area contributed by atoms with Gasteiger partial charge in [-0.2, -0.15) is 0 Å². The van der Waals surface area contributed by atoms with Gasteiger partial charge < -0.3 is 21.1 Å². The van der Waals surface area contributed by atoms with E-state index in [1.54, 1.807) is 0 Å². The van der Waals surface area contributed by atoms with Gasteiger partial charge in [-0.1, -0.05) is 13.8 Å². The number of primary amides is 1. The number of hydrogen-bond acceptors (Lipinski definition) is 3. The first-order chi connectivity index (χ1) is 8.77. The average Bonchev–Trinajstić information content (AvgIpc) is 3.04. The molecule has 0 aliphatic heterocycles. The molecule has 19 heavy (non-hydrogen) atoms. The Morgan fingerprint density at radius 3 is 2.32 bits per heavy atom. The molecule has 0 aromatic rings. The van der Waals surface area contributed by atoms with Crippen molar-refractivity contribution in [3.05, 3.63) is 0 Å². The minimum absolute atomic E-state index is 0.0918. The van der Waals surface area contributed by atoms with Gasteiger partial charge in [0.05, 0.1) is 5.41 Å². The zero-order valence-electron chi connectivity index (χ0n) is 11.3. The monoisotopic (exact) mass is 271 g/mol. The van der Waals surface area contributed by atoms with Crippen LogP contribution in [0.5, 0.6) is 0 Å². The molecule has 7 nitrogen and oxygen atoms in total. The number of hydrogen-bond donors (Lipinski definition) is 3. The first-order valence-corrected chi connectivity index (χ1v) is 6.31. The smallest absolute Gasteiger partial charge is 0.317 e. The summed E-state index contributed by atoms with van der Waals surface area (Å²) in [7, 11) is 0. The maximum Gasteiger partial charge on any atom is 0.317 e. The second-order valence-electron chi connectivity index (χ2n) is 5.48. The Morgan fingerprint density at radius 2 is 1.95 bits per heavy atom. The molecular formula is C12H21N3O4. The summed E-state index contributed by atoms with van der Waals surface area (Å²) in [5.41, 5.74) is 4.28. The zero-order chi connectivity index (χ0) is 14.6. The number of nitrogens with two attached hydrogens (primary N) is 1. The topological polar surface area (TPSA) is 113 Å². The molecule has 7 heteroatoms. The van der Waals surface area contributed by atoms with Gasteiger partial charge in [0.2, 0.25) is 5.91 Å². The molecule has 0 radical (unpaired) electrons. The SMILES string of the molecule is CC(C)CN(CC(N)=O)C(=O)NCC1(C(=O)O)CC1. The fourth-order valence-corrected chi connectivity index (χ4v) is 1.82. The van der Waals surface area contributed by atoms with Crippen molar-refractivity contribution in [3.63, 3.8) is 0 Å². The Balaban J connectivity index is 2.52. The van der Waals surface area contributed by atoms with E-state index in [1.807, 2.05) is 13.8 Å². The van der Waals surface area contributed by atoms with Gasteiger partial charge >= 0.3 is 12.0 Å². The van der Waals surface area contributed by atoms with E-state index in [-0.39, 0.29) is 19.0 Å². The molecule has 0 saturated heterocycles. The Hall–Kier alpha value is -1.79. The van der Waals surface area contributed by atoms with Gasteiger partial charge in [-0.15, -0.1) is 0 Å². The fourth-order valence-electron chi connectivity index (χ4n) is 1.82. The molecule has 0 atom stereocenters. The van der Waals surface area contributed by atoms with Gasteiger partial charge in [-0.3, -0.25) is 9.59 Å². The lowest BCUT2D eigenvalue weighted by Gasteiger charge is -2.24. The van der Waals surface area contributed by atoms with E-state index < -0.39 is 23.3 Å². The highest BCUT2D eigenvalue weighted by atomic mass is 16.4. The van der Waals surface area contributed by atoms with Crippen LogP contribution < -0.4 is 11.1 Å². The van der Waals surface area contributed by atoms with Crippen LogP contribution in [0.1, 0.15) is 26.7 Å². The van der Waals surface area contributed by atoms with E-state index in [2.05, 4.69) is 5.32 Å². The van der Waals surface area contributed by atoms with E-state index in [0.29, 0.717) is 19.4 Å². The van der Waals surface area contributed by atoms with Crippen LogP contribution >= 0.6 is 0 Å². The Bertz CT molecular complexity index is 377. The lowest BCUT2D eigenvalue weighted by atomic mass is 10.1. The highest BCUT2D eigenvalue weighted by Gasteiger charge is 2.50. The second kappa shape index (κ2) is 5.90. The quantitative estimate of drug-likeness (QED) is 0.605. The maximum atomic E-state index is 11.9. The summed E-state index contributed by atoms with van der Waals surface area (Å²) in [5, 5.41) is 11.6. The molecule has 0 spiro atoms. The van der Waals surface area contributed by atoms with Crippen LogP contribution in [0.2, 0.25) is 0 Å². The van der Waals surface area contributed by atoms with Crippen LogP contribution in [0.3, 0.4) is 0 Å². The molecule has 1 aliphatic carbocycles. The van der Waals surface area contributed by atoms with E-state index in [1.165, 1.54) is 4.90 Å². The number of urea groups is 1. The van der Waals surface area contributed by atoms with Crippen molar-refractivity contribution in [2.75, 3.05) is 19.6 Å². The number of carbonyl (C=O) groups is 3. The number of carbonyl (C=O) groups excluding carboxylic acids is 2. The van der Waals surface area contributed by atoms with Crippen molar-refractivity contribution >= 4 is 17.9 Å². The number of aliphatic carboxylic acids is 1. The summed E-state index contributed by atoms with van der Waals surface area (Å²) in [4.78, 5) is 35.1. The number of carboxylic acid groups (broad SMARTS) is 1. The van der Waals surface area contributed by atoms with Crippen molar-refractivity contribution in [1.82, 2.24) is 10.2 Å².